The molecule has 0 bridgehead atoms. The van der Waals surface area contributed by atoms with E-state index in [2.05, 4.69) is 0 Å². The van der Waals surface area contributed by atoms with Crippen LogP contribution in [0, 0.1) is 0 Å². The Morgan fingerprint density at radius 3 is 2.74 bits per heavy atom. The van der Waals surface area contributed by atoms with Crippen LogP contribution in [-0.2, 0) is 23.1 Å². The van der Waals surface area contributed by atoms with Crippen LogP contribution in [0.5, 0.6) is 0 Å². The molecule has 0 spiro atoms. The van der Waals surface area contributed by atoms with Crippen molar-refractivity contribution in [2.75, 3.05) is 10.8 Å². The molecule has 2 heterocycles. The van der Waals surface area contributed by atoms with Crippen LogP contribution in [0.15, 0.2) is 45.9 Å². The predicted molar refractivity (Wildman–Crippen MR) is 69.3 cm³/mol. The molecule has 0 atom stereocenters. The van der Waals surface area contributed by atoms with Crippen LogP contribution in [-0.4, -0.2) is 20.1 Å². The van der Waals surface area contributed by atoms with Crippen LogP contribution in [0.4, 0.5) is 5.69 Å². The molecule has 5 nitrogen and oxygen atoms in total. The van der Waals surface area contributed by atoms with Crippen molar-refractivity contribution in [1.29, 1.82) is 0 Å². The van der Waals surface area contributed by atoms with E-state index in [0.29, 0.717) is 18.7 Å². The normalized spacial score (nSPS) is 14.7. The summed E-state index contributed by atoms with van der Waals surface area (Å²) in [6, 6.07) is 10.3. The Kier molecular flexibility index (Phi) is 2.83. The van der Waals surface area contributed by atoms with Gasteiger partial charge in [-0.2, -0.15) is 8.42 Å². The highest BCUT2D eigenvalue weighted by atomic mass is 32.2. The van der Waals surface area contributed by atoms with Gasteiger partial charge < -0.3 is 9.52 Å². The van der Waals surface area contributed by atoms with Gasteiger partial charge in [0.1, 0.15) is 12.4 Å². The zero-order chi connectivity index (χ0) is 13.5. The highest BCUT2D eigenvalue weighted by Crippen LogP contribution is 2.33. The molecule has 1 N–H and O–H groups in total. The smallest absolute Gasteiger partial charge is 0.297 e. The predicted octanol–water partition coefficient (Wildman–Crippen LogP) is 1.52. The molecule has 2 aromatic rings. The van der Waals surface area contributed by atoms with Crippen molar-refractivity contribution in [2.24, 2.45) is 0 Å². The summed E-state index contributed by atoms with van der Waals surface area (Å²) in [6.07, 6.45) is 0.697. The highest BCUT2D eigenvalue weighted by molar-refractivity contribution is 7.92. The summed E-state index contributed by atoms with van der Waals surface area (Å²) in [5.41, 5.74) is 1.71. The van der Waals surface area contributed by atoms with E-state index in [1.807, 2.05) is 18.2 Å². The van der Waals surface area contributed by atoms with Crippen LogP contribution >= 0.6 is 0 Å². The van der Waals surface area contributed by atoms with E-state index in [9.17, 15) is 8.42 Å². The molecule has 100 valence electrons. The lowest BCUT2D eigenvalue weighted by Crippen LogP contribution is -2.28. The molecule has 0 saturated heterocycles. The molecule has 0 aliphatic carbocycles. The molecule has 0 amide bonds. The number of fused-ring (bicyclic) bond motifs is 1. The first-order chi connectivity index (χ1) is 9.13. The fraction of sp³-hybridized carbons (Fsp3) is 0.231. The van der Waals surface area contributed by atoms with Gasteiger partial charge in [-0.15, -0.1) is 0 Å². The van der Waals surface area contributed by atoms with Gasteiger partial charge in [-0.05, 0) is 30.2 Å². The Hall–Kier alpha value is -1.79. The third kappa shape index (κ3) is 1.93. The summed E-state index contributed by atoms with van der Waals surface area (Å²) in [5.74, 6) is 0.242. The van der Waals surface area contributed by atoms with Crippen molar-refractivity contribution in [3.8, 4) is 0 Å². The Balaban J connectivity index is 2.03. The molecular formula is C13H13NO4S. The lowest BCUT2D eigenvalue weighted by Gasteiger charge is -2.17. The van der Waals surface area contributed by atoms with E-state index in [0.717, 1.165) is 5.56 Å². The molecule has 6 heteroatoms. The van der Waals surface area contributed by atoms with Crippen molar-refractivity contribution >= 4 is 15.7 Å². The summed E-state index contributed by atoms with van der Waals surface area (Å²) in [6.45, 7) is 0.100. The molecule has 0 saturated carbocycles. The lowest BCUT2D eigenvalue weighted by molar-refractivity contribution is 0.236. The molecule has 1 aliphatic heterocycles. The fourth-order valence-electron chi connectivity index (χ4n) is 2.25. The molecular weight excluding hydrogens is 266 g/mol. The Morgan fingerprint density at radius 2 is 2.00 bits per heavy atom. The Morgan fingerprint density at radius 1 is 1.21 bits per heavy atom. The zero-order valence-electron chi connectivity index (χ0n) is 10.1. The standard InChI is InChI=1S/C13H13NO4S/c15-9-11-5-6-13(18-11)19(16,17)14-8-7-10-3-1-2-4-12(10)14/h1-6,15H,7-9H2. The van der Waals surface area contributed by atoms with Gasteiger partial charge in [0.05, 0.1) is 5.69 Å². The maximum atomic E-state index is 12.5. The molecule has 1 aliphatic rings. The number of benzene rings is 1. The Bertz CT molecular complexity index is 705. The molecule has 0 unspecified atom stereocenters. The second-order valence-electron chi connectivity index (χ2n) is 4.33. The average molecular weight is 279 g/mol. The second kappa shape index (κ2) is 4.40. The van der Waals surface area contributed by atoms with Gasteiger partial charge in [0.15, 0.2) is 0 Å². The van der Waals surface area contributed by atoms with E-state index in [1.165, 1.54) is 16.4 Å². The van der Waals surface area contributed by atoms with Crippen molar-refractivity contribution in [1.82, 2.24) is 0 Å². The van der Waals surface area contributed by atoms with Gasteiger partial charge in [0.25, 0.3) is 10.0 Å². The number of hydrogen-bond acceptors (Lipinski definition) is 4. The minimum atomic E-state index is -3.69. The average Bonchev–Trinajstić information content (AvgIpc) is 3.06. The van der Waals surface area contributed by atoms with E-state index >= 15 is 0 Å². The van der Waals surface area contributed by atoms with Gasteiger partial charge in [0, 0.05) is 6.54 Å². The zero-order valence-corrected chi connectivity index (χ0v) is 10.9. The van der Waals surface area contributed by atoms with Crippen LogP contribution in [0.25, 0.3) is 0 Å². The van der Waals surface area contributed by atoms with E-state index in [1.54, 1.807) is 6.07 Å². The first-order valence-corrected chi connectivity index (χ1v) is 7.37. The number of anilines is 1. The first kappa shape index (κ1) is 12.3. The van der Waals surface area contributed by atoms with Crippen LogP contribution in [0.3, 0.4) is 0 Å². The SMILES string of the molecule is O=S(=O)(c1ccc(CO)o1)N1CCc2ccccc21. The quantitative estimate of drug-likeness (QED) is 0.924. The monoisotopic (exact) mass is 279 g/mol. The maximum absolute atomic E-state index is 12.5. The third-order valence-electron chi connectivity index (χ3n) is 3.18. The lowest BCUT2D eigenvalue weighted by atomic mass is 10.2. The van der Waals surface area contributed by atoms with Crippen molar-refractivity contribution in [3.63, 3.8) is 0 Å². The van der Waals surface area contributed by atoms with Crippen molar-refractivity contribution in [2.45, 2.75) is 18.1 Å². The van der Waals surface area contributed by atoms with Crippen molar-refractivity contribution in [3.05, 3.63) is 47.7 Å². The van der Waals surface area contributed by atoms with Crippen LogP contribution < -0.4 is 4.31 Å². The number of aliphatic hydroxyl groups excluding tert-OH is 1. The minimum Gasteiger partial charge on any atom is -0.445 e. The third-order valence-corrected chi connectivity index (χ3v) is 4.87. The largest absolute Gasteiger partial charge is 0.445 e. The number of hydrogen-bond donors (Lipinski definition) is 1. The number of rotatable bonds is 3. The van der Waals surface area contributed by atoms with Crippen LogP contribution in [0.2, 0.25) is 0 Å². The summed E-state index contributed by atoms with van der Waals surface area (Å²) < 4.78 is 31.4. The molecule has 1 aromatic carbocycles. The topological polar surface area (TPSA) is 70.8 Å². The second-order valence-corrected chi connectivity index (χ2v) is 6.13. The van der Waals surface area contributed by atoms with Gasteiger partial charge >= 0.3 is 0 Å². The number of nitrogens with zero attached hydrogens (tertiary/aromatic N) is 1. The van der Waals surface area contributed by atoms with Gasteiger partial charge in [-0.1, -0.05) is 18.2 Å². The maximum Gasteiger partial charge on any atom is 0.297 e. The molecule has 3 rings (SSSR count). The van der Waals surface area contributed by atoms with Gasteiger partial charge in [-0.25, -0.2) is 0 Å². The molecule has 0 fully saturated rings. The number of sulfonamides is 1. The highest BCUT2D eigenvalue weighted by Gasteiger charge is 2.32. The summed E-state index contributed by atoms with van der Waals surface area (Å²) in [5, 5.41) is 8.81. The van der Waals surface area contributed by atoms with Gasteiger partial charge in [0.2, 0.25) is 5.09 Å². The van der Waals surface area contributed by atoms with E-state index in [-0.39, 0.29) is 17.5 Å². The Labute approximate surface area is 111 Å². The van der Waals surface area contributed by atoms with E-state index < -0.39 is 10.0 Å². The number of para-hydroxylation sites is 1. The number of furan rings is 1. The molecule has 19 heavy (non-hydrogen) atoms. The van der Waals surface area contributed by atoms with E-state index in [4.69, 9.17) is 9.52 Å². The summed E-state index contributed by atoms with van der Waals surface area (Å²) >= 11 is 0. The molecule has 0 radical (unpaired) electrons. The fourth-order valence-corrected chi connectivity index (χ4v) is 3.69. The minimum absolute atomic E-state index is 0.131. The first-order valence-electron chi connectivity index (χ1n) is 5.93. The summed E-state index contributed by atoms with van der Waals surface area (Å²) in [7, 11) is -3.69. The summed E-state index contributed by atoms with van der Waals surface area (Å²) in [4.78, 5) is 0. The van der Waals surface area contributed by atoms with Crippen molar-refractivity contribution < 1.29 is 17.9 Å². The molecule has 1 aromatic heterocycles. The number of aliphatic hydroxyl groups is 1. The van der Waals surface area contributed by atoms with Crippen LogP contribution in [0.1, 0.15) is 11.3 Å². The van der Waals surface area contributed by atoms with Gasteiger partial charge in [-0.3, -0.25) is 4.31 Å².